The fraction of sp³-hybridized carbons (Fsp3) is 0.647. The van der Waals surface area contributed by atoms with E-state index in [1.54, 1.807) is 11.1 Å². The van der Waals surface area contributed by atoms with Gasteiger partial charge in [-0.1, -0.05) is 25.4 Å². The van der Waals surface area contributed by atoms with Crippen LogP contribution in [0.5, 0.6) is 0 Å². The SMILES string of the molecule is CC(C)C(=O)N(Cc1cncc(Cl)c1CO)CC1COC(C)(C)O1. The minimum atomic E-state index is -0.634. The summed E-state index contributed by atoms with van der Waals surface area (Å²) in [6.07, 6.45) is 2.93. The van der Waals surface area contributed by atoms with Crippen LogP contribution in [0.15, 0.2) is 12.4 Å². The highest BCUT2D eigenvalue weighted by Gasteiger charge is 2.35. The van der Waals surface area contributed by atoms with Crippen LogP contribution in [-0.2, 0) is 27.4 Å². The van der Waals surface area contributed by atoms with Gasteiger partial charge in [0, 0.05) is 37.0 Å². The summed E-state index contributed by atoms with van der Waals surface area (Å²) in [7, 11) is 0. The Labute approximate surface area is 147 Å². The Bertz CT molecular complexity index is 592. The van der Waals surface area contributed by atoms with Crippen LogP contribution < -0.4 is 0 Å². The van der Waals surface area contributed by atoms with Gasteiger partial charge in [0.2, 0.25) is 5.91 Å². The van der Waals surface area contributed by atoms with Gasteiger partial charge in [-0.2, -0.15) is 0 Å². The number of aliphatic hydroxyl groups is 1. The molecule has 1 aromatic rings. The molecule has 1 atom stereocenters. The zero-order valence-electron chi connectivity index (χ0n) is 14.6. The lowest BCUT2D eigenvalue weighted by molar-refractivity contribution is -0.148. The quantitative estimate of drug-likeness (QED) is 0.847. The van der Waals surface area contributed by atoms with Crippen molar-refractivity contribution in [1.29, 1.82) is 0 Å². The van der Waals surface area contributed by atoms with Gasteiger partial charge < -0.3 is 19.5 Å². The van der Waals surface area contributed by atoms with Crippen LogP contribution in [0, 0.1) is 5.92 Å². The van der Waals surface area contributed by atoms with Gasteiger partial charge in [-0.15, -0.1) is 0 Å². The Hall–Kier alpha value is -1.21. The van der Waals surface area contributed by atoms with Gasteiger partial charge in [0.25, 0.3) is 0 Å². The van der Waals surface area contributed by atoms with Gasteiger partial charge in [0.15, 0.2) is 5.79 Å². The summed E-state index contributed by atoms with van der Waals surface area (Å²) in [5.74, 6) is -0.775. The highest BCUT2D eigenvalue weighted by Crippen LogP contribution is 2.25. The Kier molecular flexibility index (Phi) is 6.20. The average molecular weight is 357 g/mol. The second-order valence-electron chi connectivity index (χ2n) is 6.74. The molecular formula is C17H25ClN2O4. The smallest absolute Gasteiger partial charge is 0.225 e. The van der Waals surface area contributed by atoms with E-state index >= 15 is 0 Å². The summed E-state index contributed by atoms with van der Waals surface area (Å²) < 4.78 is 11.4. The lowest BCUT2D eigenvalue weighted by Gasteiger charge is -2.28. The third-order valence-corrected chi connectivity index (χ3v) is 4.24. The molecule has 2 rings (SSSR count). The standard InChI is InChI=1S/C17H25ClN2O4/c1-11(2)16(22)20(8-13-10-23-17(3,4)24-13)7-12-5-19-6-15(18)14(12)9-21/h5-6,11,13,21H,7-10H2,1-4H3. The van der Waals surface area contributed by atoms with E-state index in [-0.39, 0.29) is 24.5 Å². The van der Waals surface area contributed by atoms with Crippen molar-refractivity contribution in [3.8, 4) is 0 Å². The molecule has 0 radical (unpaired) electrons. The number of amides is 1. The van der Waals surface area contributed by atoms with E-state index in [2.05, 4.69) is 4.98 Å². The van der Waals surface area contributed by atoms with Crippen LogP contribution in [-0.4, -0.2) is 45.9 Å². The number of aliphatic hydroxyl groups excluding tert-OH is 1. The fourth-order valence-electron chi connectivity index (χ4n) is 2.72. The van der Waals surface area contributed by atoms with E-state index in [1.165, 1.54) is 6.20 Å². The maximum absolute atomic E-state index is 12.6. The largest absolute Gasteiger partial charge is 0.392 e. The van der Waals surface area contributed by atoms with Crippen LogP contribution in [0.25, 0.3) is 0 Å². The molecule has 1 saturated heterocycles. The van der Waals surface area contributed by atoms with E-state index in [0.29, 0.717) is 30.3 Å². The van der Waals surface area contributed by atoms with Gasteiger partial charge in [0.1, 0.15) is 6.10 Å². The summed E-state index contributed by atoms with van der Waals surface area (Å²) in [6, 6.07) is 0. The number of pyridine rings is 1. The number of hydrogen-bond donors (Lipinski definition) is 1. The summed E-state index contributed by atoms with van der Waals surface area (Å²) in [5.41, 5.74) is 1.33. The normalized spacial score (nSPS) is 19.7. The first kappa shape index (κ1) is 19.1. The maximum Gasteiger partial charge on any atom is 0.225 e. The molecular weight excluding hydrogens is 332 g/mol. The zero-order valence-corrected chi connectivity index (χ0v) is 15.3. The lowest BCUT2D eigenvalue weighted by Crippen LogP contribution is -2.40. The number of halogens is 1. The molecule has 24 heavy (non-hydrogen) atoms. The van der Waals surface area contributed by atoms with Gasteiger partial charge in [-0.05, 0) is 19.4 Å². The molecule has 0 saturated carbocycles. The highest BCUT2D eigenvalue weighted by atomic mass is 35.5. The number of aromatic nitrogens is 1. The first-order valence-electron chi connectivity index (χ1n) is 8.06. The van der Waals surface area contributed by atoms with Crippen molar-refractivity contribution in [3.05, 3.63) is 28.5 Å². The van der Waals surface area contributed by atoms with Crippen molar-refractivity contribution in [2.24, 2.45) is 5.92 Å². The van der Waals surface area contributed by atoms with E-state index in [1.807, 2.05) is 27.7 Å². The summed E-state index contributed by atoms with van der Waals surface area (Å²) in [4.78, 5) is 18.4. The molecule has 134 valence electrons. The molecule has 0 spiro atoms. The monoisotopic (exact) mass is 356 g/mol. The number of hydrogen-bond acceptors (Lipinski definition) is 5. The average Bonchev–Trinajstić information content (AvgIpc) is 2.85. The number of rotatable bonds is 6. The zero-order chi connectivity index (χ0) is 17.9. The molecule has 6 nitrogen and oxygen atoms in total. The van der Waals surface area contributed by atoms with Crippen LogP contribution in [0.2, 0.25) is 5.02 Å². The lowest BCUT2D eigenvalue weighted by atomic mass is 10.1. The Balaban J connectivity index is 2.18. The third-order valence-electron chi connectivity index (χ3n) is 3.91. The Morgan fingerprint density at radius 2 is 2.21 bits per heavy atom. The van der Waals surface area contributed by atoms with Crippen molar-refractivity contribution in [2.45, 2.75) is 52.7 Å². The molecule has 1 aliphatic rings. The maximum atomic E-state index is 12.6. The molecule has 2 heterocycles. The molecule has 1 aromatic heterocycles. The number of carbonyl (C=O) groups is 1. The first-order chi connectivity index (χ1) is 11.2. The second-order valence-corrected chi connectivity index (χ2v) is 7.15. The first-order valence-corrected chi connectivity index (χ1v) is 8.44. The number of nitrogens with zero attached hydrogens (tertiary/aromatic N) is 2. The molecule has 0 bridgehead atoms. The molecule has 1 unspecified atom stereocenters. The minimum absolute atomic E-state index is 0.00664. The highest BCUT2D eigenvalue weighted by molar-refractivity contribution is 6.31. The van der Waals surface area contributed by atoms with Crippen molar-refractivity contribution >= 4 is 17.5 Å². The van der Waals surface area contributed by atoms with E-state index < -0.39 is 5.79 Å². The number of ether oxygens (including phenoxy) is 2. The van der Waals surface area contributed by atoms with Crippen LogP contribution in [0.3, 0.4) is 0 Å². The molecule has 1 amide bonds. The van der Waals surface area contributed by atoms with Gasteiger partial charge >= 0.3 is 0 Å². The van der Waals surface area contributed by atoms with Crippen LogP contribution in [0.1, 0.15) is 38.8 Å². The van der Waals surface area contributed by atoms with E-state index in [9.17, 15) is 9.90 Å². The van der Waals surface area contributed by atoms with Gasteiger partial charge in [0.05, 0.1) is 18.2 Å². The Morgan fingerprint density at radius 3 is 2.75 bits per heavy atom. The number of carbonyl (C=O) groups excluding carboxylic acids is 1. The third kappa shape index (κ3) is 4.66. The molecule has 1 aliphatic heterocycles. The van der Waals surface area contributed by atoms with Crippen molar-refractivity contribution in [3.63, 3.8) is 0 Å². The van der Waals surface area contributed by atoms with Gasteiger partial charge in [-0.3, -0.25) is 9.78 Å². The molecule has 0 aromatic carbocycles. The van der Waals surface area contributed by atoms with Crippen LogP contribution >= 0.6 is 11.6 Å². The van der Waals surface area contributed by atoms with Crippen LogP contribution in [0.4, 0.5) is 0 Å². The molecule has 1 fully saturated rings. The second kappa shape index (κ2) is 7.78. The van der Waals surface area contributed by atoms with Crippen molar-refractivity contribution in [1.82, 2.24) is 9.88 Å². The van der Waals surface area contributed by atoms with E-state index in [4.69, 9.17) is 21.1 Å². The summed E-state index contributed by atoms with van der Waals surface area (Å²) >= 11 is 6.09. The molecule has 0 aliphatic carbocycles. The summed E-state index contributed by atoms with van der Waals surface area (Å²) in [5, 5.41) is 9.95. The van der Waals surface area contributed by atoms with E-state index in [0.717, 1.165) is 5.56 Å². The molecule has 7 heteroatoms. The summed E-state index contributed by atoms with van der Waals surface area (Å²) in [6.45, 7) is 8.40. The predicted molar refractivity (Wildman–Crippen MR) is 90.3 cm³/mol. The van der Waals surface area contributed by atoms with Crippen molar-refractivity contribution in [2.75, 3.05) is 13.2 Å². The predicted octanol–water partition coefficient (Wildman–Crippen LogP) is 2.36. The fourth-order valence-corrected chi connectivity index (χ4v) is 2.95. The van der Waals surface area contributed by atoms with Gasteiger partial charge in [-0.25, -0.2) is 0 Å². The molecule has 1 N–H and O–H groups in total. The van der Waals surface area contributed by atoms with Crippen molar-refractivity contribution < 1.29 is 19.4 Å². The Morgan fingerprint density at radius 1 is 1.50 bits per heavy atom. The minimum Gasteiger partial charge on any atom is -0.392 e. The topological polar surface area (TPSA) is 71.9 Å².